The van der Waals surface area contributed by atoms with Crippen LogP contribution in [0.15, 0.2) is 4.52 Å². The zero-order valence-electron chi connectivity index (χ0n) is 7.76. The van der Waals surface area contributed by atoms with Gasteiger partial charge in [0.05, 0.1) is 0 Å². The van der Waals surface area contributed by atoms with Crippen LogP contribution in [0.4, 0.5) is 8.78 Å². The van der Waals surface area contributed by atoms with Crippen molar-refractivity contribution in [2.45, 2.75) is 25.2 Å². The Kier molecular flexibility index (Phi) is 2.22. The molecule has 0 bridgehead atoms. The van der Waals surface area contributed by atoms with Crippen molar-refractivity contribution in [3.05, 3.63) is 11.7 Å². The van der Waals surface area contributed by atoms with Gasteiger partial charge in [0.25, 0.3) is 5.89 Å². The van der Waals surface area contributed by atoms with Crippen LogP contribution in [0.5, 0.6) is 0 Å². The van der Waals surface area contributed by atoms with Crippen LogP contribution < -0.4 is 5.32 Å². The molecule has 0 amide bonds. The van der Waals surface area contributed by atoms with Gasteiger partial charge in [0.15, 0.2) is 5.82 Å². The Labute approximate surface area is 79.7 Å². The average Bonchev–Trinajstić information content (AvgIpc) is 2.73. The number of hydrogen-bond donors (Lipinski definition) is 1. The fourth-order valence-electron chi connectivity index (χ4n) is 1.45. The van der Waals surface area contributed by atoms with Crippen molar-refractivity contribution in [1.82, 2.24) is 15.5 Å². The molecule has 6 heteroatoms. The number of hydrogen-bond acceptors (Lipinski definition) is 4. The van der Waals surface area contributed by atoms with Crippen LogP contribution in [0.25, 0.3) is 0 Å². The number of nitrogens with zero attached hydrogens (tertiary/aromatic N) is 2. The van der Waals surface area contributed by atoms with Crippen molar-refractivity contribution < 1.29 is 13.3 Å². The minimum atomic E-state index is -3.04. The van der Waals surface area contributed by atoms with Gasteiger partial charge in [0.2, 0.25) is 0 Å². The Morgan fingerprint density at radius 2 is 2.36 bits per heavy atom. The third kappa shape index (κ3) is 1.75. The van der Waals surface area contributed by atoms with Crippen molar-refractivity contribution >= 4 is 0 Å². The van der Waals surface area contributed by atoms with Crippen LogP contribution in [0.1, 0.15) is 31.0 Å². The molecule has 2 rings (SSSR count). The predicted molar refractivity (Wildman–Crippen MR) is 44.1 cm³/mol. The molecule has 0 aliphatic carbocycles. The molecular formula is C8H11F2N3O. The molecule has 78 valence electrons. The van der Waals surface area contributed by atoms with Gasteiger partial charge in [-0.25, -0.2) is 0 Å². The number of halogens is 2. The molecule has 1 unspecified atom stereocenters. The second kappa shape index (κ2) is 3.27. The maximum absolute atomic E-state index is 12.7. The smallest absolute Gasteiger partial charge is 0.322 e. The van der Waals surface area contributed by atoms with Crippen LogP contribution in [0.3, 0.4) is 0 Å². The first-order valence-corrected chi connectivity index (χ1v) is 4.50. The summed E-state index contributed by atoms with van der Waals surface area (Å²) in [7, 11) is 0. The lowest BCUT2D eigenvalue weighted by molar-refractivity contribution is -0.0158. The molecule has 1 aromatic rings. The van der Waals surface area contributed by atoms with Crippen molar-refractivity contribution in [1.29, 1.82) is 0 Å². The van der Waals surface area contributed by atoms with Crippen molar-refractivity contribution in [2.24, 2.45) is 0 Å². The normalized spacial score (nSPS) is 22.9. The van der Waals surface area contributed by atoms with E-state index in [0.29, 0.717) is 5.82 Å². The van der Waals surface area contributed by atoms with E-state index in [1.165, 1.54) is 0 Å². The number of aromatic nitrogens is 2. The molecule has 1 aliphatic heterocycles. The van der Waals surface area contributed by atoms with Crippen molar-refractivity contribution in [3.63, 3.8) is 0 Å². The third-order valence-corrected chi connectivity index (χ3v) is 2.24. The van der Waals surface area contributed by atoms with Gasteiger partial charge >= 0.3 is 5.92 Å². The molecule has 4 nitrogen and oxygen atoms in total. The molecule has 1 aromatic heterocycles. The van der Waals surface area contributed by atoms with E-state index in [9.17, 15) is 8.78 Å². The highest BCUT2D eigenvalue weighted by molar-refractivity contribution is 5.01. The lowest BCUT2D eigenvalue weighted by atomic mass is 10.1. The van der Waals surface area contributed by atoms with Crippen LogP contribution in [-0.4, -0.2) is 23.2 Å². The van der Waals surface area contributed by atoms with Gasteiger partial charge in [-0.3, -0.25) is 0 Å². The lowest BCUT2D eigenvalue weighted by Crippen LogP contribution is -2.10. The number of nitrogens with one attached hydrogen (secondary N) is 1. The van der Waals surface area contributed by atoms with Crippen molar-refractivity contribution in [2.75, 3.05) is 13.1 Å². The van der Waals surface area contributed by atoms with E-state index in [-0.39, 0.29) is 5.92 Å². The van der Waals surface area contributed by atoms with Gasteiger partial charge in [0.1, 0.15) is 0 Å². The Morgan fingerprint density at radius 3 is 2.86 bits per heavy atom. The first kappa shape index (κ1) is 9.51. The predicted octanol–water partition coefficient (Wildman–Crippen LogP) is 1.26. The van der Waals surface area contributed by atoms with Gasteiger partial charge in [0, 0.05) is 19.4 Å². The van der Waals surface area contributed by atoms with Gasteiger partial charge in [-0.15, -0.1) is 0 Å². The Morgan fingerprint density at radius 1 is 1.57 bits per heavy atom. The van der Waals surface area contributed by atoms with E-state index in [1.54, 1.807) is 0 Å². The summed E-state index contributed by atoms with van der Waals surface area (Å²) in [5, 5.41) is 6.67. The maximum atomic E-state index is 12.7. The van der Waals surface area contributed by atoms with Crippen LogP contribution in [-0.2, 0) is 5.92 Å². The highest BCUT2D eigenvalue weighted by atomic mass is 19.3. The first-order chi connectivity index (χ1) is 6.57. The third-order valence-electron chi connectivity index (χ3n) is 2.24. The molecule has 0 radical (unpaired) electrons. The Bertz CT molecular complexity index is 315. The quantitative estimate of drug-likeness (QED) is 0.786. The summed E-state index contributed by atoms with van der Waals surface area (Å²) in [5.74, 6) is -3.15. The van der Waals surface area contributed by atoms with Gasteiger partial charge in [-0.1, -0.05) is 5.16 Å². The van der Waals surface area contributed by atoms with Gasteiger partial charge < -0.3 is 9.84 Å². The van der Waals surface area contributed by atoms with E-state index >= 15 is 0 Å². The largest absolute Gasteiger partial charge is 0.333 e. The molecule has 1 aliphatic rings. The van der Waals surface area contributed by atoms with Crippen LogP contribution in [0.2, 0.25) is 0 Å². The average molecular weight is 203 g/mol. The zero-order valence-corrected chi connectivity index (χ0v) is 7.76. The zero-order chi connectivity index (χ0) is 10.2. The number of alkyl halides is 2. The highest BCUT2D eigenvalue weighted by Crippen LogP contribution is 2.27. The summed E-state index contributed by atoms with van der Waals surface area (Å²) in [6.45, 7) is 2.35. The Hall–Kier alpha value is -1.04. The molecule has 0 spiro atoms. The lowest BCUT2D eigenvalue weighted by Gasteiger charge is -2.02. The minimum Gasteiger partial charge on any atom is -0.333 e. The van der Waals surface area contributed by atoms with E-state index < -0.39 is 11.8 Å². The SMILES string of the molecule is CC(F)(F)c1nc(C2CCNC2)no1. The van der Waals surface area contributed by atoms with Crippen LogP contribution >= 0.6 is 0 Å². The van der Waals surface area contributed by atoms with E-state index in [4.69, 9.17) is 0 Å². The van der Waals surface area contributed by atoms with Crippen molar-refractivity contribution in [3.8, 4) is 0 Å². The van der Waals surface area contributed by atoms with Gasteiger partial charge in [-0.2, -0.15) is 13.8 Å². The molecule has 0 aromatic carbocycles. The molecule has 14 heavy (non-hydrogen) atoms. The minimum absolute atomic E-state index is 0.106. The summed E-state index contributed by atoms with van der Waals surface area (Å²) < 4.78 is 30.0. The maximum Gasteiger partial charge on any atom is 0.322 e. The van der Waals surface area contributed by atoms with E-state index in [0.717, 1.165) is 26.4 Å². The standard InChI is InChI=1S/C8H11F2N3O/c1-8(9,10)7-12-6(13-14-7)5-2-3-11-4-5/h5,11H,2-4H2,1H3. The summed E-state index contributed by atoms with van der Waals surface area (Å²) >= 11 is 0. The fourth-order valence-corrected chi connectivity index (χ4v) is 1.45. The molecule has 0 saturated carbocycles. The summed E-state index contributed by atoms with van der Waals surface area (Å²) in [5.41, 5.74) is 0. The van der Waals surface area contributed by atoms with E-state index in [2.05, 4.69) is 20.0 Å². The molecule has 2 heterocycles. The monoisotopic (exact) mass is 203 g/mol. The molecule has 1 fully saturated rings. The van der Waals surface area contributed by atoms with Crippen LogP contribution in [0, 0.1) is 0 Å². The summed E-state index contributed by atoms with van der Waals surface area (Å²) in [6, 6.07) is 0. The molecule has 1 atom stereocenters. The second-order valence-electron chi connectivity index (χ2n) is 3.54. The topological polar surface area (TPSA) is 51.0 Å². The summed E-state index contributed by atoms with van der Waals surface area (Å²) in [4.78, 5) is 3.70. The van der Waals surface area contributed by atoms with E-state index in [1.807, 2.05) is 0 Å². The molecular weight excluding hydrogens is 192 g/mol. The first-order valence-electron chi connectivity index (χ1n) is 4.50. The molecule has 1 N–H and O–H groups in total. The molecule has 1 saturated heterocycles. The summed E-state index contributed by atoms with van der Waals surface area (Å²) in [6.07, 6.45) is 0.869. The Balaban J connectivity index is 2.17. The number of rotatable bonds is 2. The fraction of sp³-hybridized carbons (Fsp3) is 0.750. The van der Waals surface area contributed by atoms with Gasteiger partial charge in [-0.05, 0) is 13.0 Å². The highest BCUT2D eigenvalue weighted by Gasteiger charge is 2.33. The second-order valence-corrected chi connectivity index (χ2v) is 3.54.